The summed E-state index contributed by atoms with van der Waals surface area (Å²) in [5.74, 6) is 0. The highest BCUT2D eigenvalue weighted by Gasteiger charge is 2.48. The molecule has 0 saturated heterocycles. The van der Waals surface area contributed by atoms with Crippen molar-refractivity contribution in [2.24, 2.45) is 5.16 Å². The monoisotopic (exact) mass is 415 g/mol. The van der Waals surface area contributed by atoms with E-state index in [2.05, 4.69) is 27.6 Å². The van der Waals surface area contributed by atoms with Crippen LogP contribution in [0.4, 0.5) is 4.79 Å². The number of pyridine rings is 1. The van der Waals surface area contributed by atoms with Crippen LogP contribution in [0.2, 0.25) is 0 Å². The summed E-state index contributed by atoms with van der Waals surface area (Å²) >= 11 is 0. The molecule has 6 nitrogen and oxygen atoms in total. The Morgan fingerprint density at radius 1 is 1.03 bits per heavy atom. The van der Waals surface area contributed by atoms with Crippen LogP contribution in [0.3, 0.4) is 0 Å². The molecule has 1 N–H and O–H groups in total. The van der Waals surface area contributed by atoms with Crippen molar-refractivity contribution in [3.63, 3.8) is 0 Å². The quantitative estimate of drug-likeness (QED) is 0.626. The first-order valence-electron chi connectivity index (χ1n) is 10.3. The van der Waals surface area contributed by atoms with E-state index in [0.29, 0.717) is 25.0 Å². The number of rotatable bonds is 7. The highest BCUT2D eigenvalue weighted by atomic mass is 16.6. The molecule has 0 aliphatic carbocycles. The Hall–Kier alpha value is -3.67. The highest BCUT2D eigenvalue weighted by molar-refractivity contribution is 5.87. The SMILES string of the molecule is COC(=O)NC(Cc1ccccc1)(c1ccccn1)C1CC(Cc2ccccc2)=NO1. The summed E-state index contributed by atoms with van der Waals surface area (Å²) in [5, 5.41) is 7.42. The maximum Gasteiger partial charge on any atom is 0.407 e. The molecule has 0 bridgehead atoms. The van der Waals surface area contributed by atoms with Crippen molar-refractivity contribution in [2.75, 3.05) is 7.11 Å². The van der Waals surface area contributed by atoms with Crippen LogP contribution < -0.4 is 5.32 Å². The molecule has 31 heavy (non-hydrogen) atoms. The van der Waals surface area contributed by atoms with E-state index in [9.17, 15) is 4.79 Å². The zero-order chi connectivity index (χ0) is 21.5. The van der Waals surface area contributed by atoms with Gasteiger partial charge < -0.3 is 14.9 Å². The Morgan fingerprint density at radius 3 is 2.35 bits per heavy atom. The Morgan fingerprint density at radius 2 is 1.71 bits per heavy atom. The van der Waals surface area contributed by atoms with Crippen LogP contribution in [0.25, 0.3) is 0 Å². The van der Waals surface area contributed by atoms with Gasteiger partial charge in [0.25, 0.3) is 0 Å². The first kappa shape index (κ1) is 20.6. The molecule has 1 aromatic heterocycles. The molecule has 158 valence electrons. The summed E-state index contributed by atoms with van der Waals surface area (Å²) in [7, 11) is 1.36. The molecule has 0 fully saturated rings. The predicted octanol–water partition coefficient (Wildman–Crippen LogP) is 4.26. The van der Waals surface area contributed by atoms with Gasteiger partial charge in [0, 0.05) is 25.5 Å². The molecular weight excluding hydrogens is 390 g/mol. The van der Waals surface area contributed by atoms with Gasteiger partial charge in [-0.15, -0.1) is 0 Å². The van der Waals surface area contributed by atoms with Crippen LogP contribution in [0, 0.1) is 0 Å². The van der Waals surface area contributed by atoms with E-state index in [1.54, 1.807) is 6.20 Å². The number of carbonyl (C=O) groups is 1. The van der Waals surface area contributed by atoms with Crippen molar-refractivity contribution in [3.8, 4) is 0 Å². The minimum absolute atomic E-state index is 0.430. The van der Waals surface area contributed by atoms with E-state index >= 15 is 0 Å². The number of benzene rings is 2. The average Bonchev–Trinajstić information content (AvgIpc) is 3.29. The Bertz CT molecular complexity index is 1030. The third-order valence-corrected chi connectivity index (χ3v) is 5.49. The number of carbonyl (C=O) groups excluding carboxylic acids is 1. The van der Waals surface area contributed by atoms with Crippen molar-refractivity contribution in [1.29, 1.82) is 0 Å². The summed E-state index contributed by atoms with van der Waals surface area (Å²) in [5.41, 5.74) is 2.89. The minimum atomic E-state index is -0.947. The summed E-state index contributed by atoms with van der Waals surface area (Å²) < 4.78 is 4.98. The molecule has 1 aliphatic rings. The molecule has 4 rings (SSSR count). The van der Waals surface area contributed by atoms with Crippen LogP contribution in [-0.2, 0) is 28.0 Å². The fourth-order valence-electron chi connectivity index (χ4n) is 3.96. The van der Waals surface area contributed by atoms with Gasteiger partial charge in [0.2, 0.25) is 0 Å². The standard InChI is InChI=1S/C25H25N3O3/c1-30-24(29)27-25(22-14-8-9-15-26-22,18-20-12-6-3-7-13-20)23-17-21(28-31-23)16-19-10-4-2-5-11-19/h2-15,23H,16-18H2,1H3,(H,27,29). The van der Waals surface area contributed by atoms with Crippen LogP contribution in [0.15, 0.2) is 90.2 Å². The summed E-state index contributed by atoms with van der Waals surface area (Å²) in [4.78, 5) is 23.0. The summed E-state index contributed by atoms with van der Waals surface area (Å²) in [6.45, 7) is 0. The molecular formula is C25H25N3O3. The number of nitrogens with zero attached hydrogens (tertiary/aromatic N) is 2. The van der Waals surface area contributed by atoms with Crippen molar-refractivity contribution in [2.45, 2.75) is 30.9 Å². The summed E-state index contributed by atoms with van der Waals surface area (Å²) in [6, 6.07) is 25.8. The van der Waals surface area contributed by atoms with E-state index < -0.39 is 17.7 Å². The number of hydrogen-bond acceptors (Lipinski definition) is 5. The zero-order valence-corrected chi connectivity index (χ0v) is 17.4. The number of amides is 1. The first-order valence-corrected chi connectivity index (χ1v) is 10.3. The average molecular weight is 415 g/mol. The largest absolute Gasteiger partial charge is 0.453 e. The normalized spacial score (nSPS) is 17.2. The van der Waals surface area contributed by atoms with Gasteiger partial charge >= 0.3 is 6.09 Å². The van der Waals surface area contributed by atoms with E-state index in [0.717, 1.165) is 16.8 Å². The predicted molar refractivity (Wildman–Crippen MR) is 119 cm³/mol. The lowest BCUT2D eigenvalue weighted by Crippen LogP contribution is -2.56. The number of hydrogen-bond donors (Lipinski definition) is 1. The molecule has 6 heteroatoms. The lowest BCUT2D eigenvalue weighted by molar-refractivity contribution is 0.00361. The second kappa shape index (κ2) is 9.43. The molecule has 0 saturated carbocycles. The van der Waals surface area contributed by atoms with Gasteiger partial charge in [-0.05, 0) is 23.3 Å². The molecule has 2 unspecified atom stereocenters. The van der Waals surface area contributed by atoms with Gasteiger partial charge in [-0.2, -0.15) is 0 Å². The second-order valence-corrected chi connectivity index (χ2v) is 7.58. The second-order valence-electron chi connectivity index (χ2n) is 7.58. The first-order chi connectivity index (χ1) is 15.2. The maximum atomic E-state index is 12.5. The minimum Gasteiger partial charge on any atom is -0.453 e. The topological polar surface area (TPSA) is 72.8 Å². The highest BCUT2D eigenvalue weighted by Crippen LogP contribution is 2.35. The number of aromatic nitrogens is 1. The number of methoxy groups -OCH3 is 1. The molecule has 2 aromatic carbocycles. The third kappa shape index (κ3) is 4.74. The van der Waals surface area contributed by atoms with Crippen molar-refractivity contribution in [1.82, 2.24) is 10.3 Å². The van der Waals surface area contributed by atoms with Gasteiger partial charge in [-0.3, -0.25) is 4.98 Å². The van der Waals surface area contributed by atoms with Crippen LogP contribution in [0.1, 0.15) is 23.2 Å². The van der Waals surface area contributed by atoms with E-state index in [4.69, 9.17) is 9.57 Å². The van der Waals surface area contributed by atoms with Crippen LogP contribution in [0.5, 0.6) is 0 Å². The lowest BCUT2D eigenvalue weighted by atomic mass is 9.79. The fourth-order valence-corrected chi connectivity index (χ4v) is 3.96. The Labute approximate surface area is 181 Å². The van der Waals surface area contributed by atoms with Crippen LogP contribution in [-0.4, -0.2) is 30.0 Å². The van der Waals surface area contributed by atoms with Crippen molar-refractivity contribution < 1.29 is 14.4 Å². The van der Waals surface area contributed by atoms with Gasteiger partial charge in [0.1, 0.15) is 5.54 Å². The molecule has 1 amide bonds. The van der Waals surface area contributed by atoms with E-state index in [1.807, 2.05) is 66.7 Å². The molecule has 2 atom stereocenters. The molecule has 0 spiro atoms. The van der Waals surface area contributed by atoms with Gasteiger partial charge in [0.05, 0.1) is 18.5 Å². The van der Waals surface area contributed by atoms with Gasteiger partial charge in [0.15, 0.2) is 6.10 Å². The fraction of sp³-hybridized carbons (Fsp3) is 0.240. The smallest absolute Gasteiger partial charge is 0.407 e. The number of alkyl carbamates (subject to hydrolysis) is 1. The van der Waals surface area contributed by atoms with Gasteiger partial charge in [-0.1, -0.05) is 71.9 Å². The number of nitrogens with one attached hydrogen (secondary N) is 1. The van der Waals surface area contributed by atoms with Crippen molar-refractivity contribution >= 4 is 11.8 Å². The van der Waals surface area contributed by atoms with Crippen LogP contribution >= 0.6 is 0 Å². The van der Waals surface area contributed by atoms with Gasteiger partial charge in [-0.25, -0.2) is 4.79 Å². The molecule has 0 radical (unpaired) electrons. The Balaban J connectivity index is 1.68. The third-order valence-electron chi connectivity index (χ3n) is 5.49. The lowest BCUT2D eigenvalue weighted by Gasteiger charge is -2.37. The van der Waals surface area contributed by atoms with E-state index in [-0.39, 0.29) is 0 Å². The van der Waals surface area contributed by atoms with E-state index in [1.165, 1.54) is 7.11 Å². The molecule has 2 heterocycles. The number of ether oxygens (including phenoxy) is 1. The molecule has 1 aliphatic heterocycles. The van der Waals surface area contributed by atoms with Crippen molar-refractivity contribution in [3.05, 3.63) is 102 Å². The number of oxime groups is 1. The Kier molecular flexibility index (Phi) is 6.26. The molecule has 3 aromatic rings. The summed E-state index contributed by atoms with van der Waals surface area (Å²) in [6.07, 6.45) is 2.50. The maximum absolute atomic E-state index is 12.5. The zero-order valence-electron chi connectivity index (χ0n) is 17.4.